The van der Waals surface area contributed by atoms with Gasteiger partial charge >= 0.3 is 0 Å². The fraction of sp³-hybridized carbons (Fsp3) is 0.429. The van der Waals surface area contributed by atoms with Crippen LogP contribution in [-0.4, -0.2) is 63.0 Å². The van der Waals surface area contributed by atoms with E-state index in [-0.39, 0.29) is 17.4 Å². The highest BCUT2D eigenvalue weighted by molar-refractivity contribution is 5.95. The van der Waals surface area contributed by atoms with Gasteiger partial charge in [-0.3, -0.25) is 14.6 Å². The quantitative estimate of drug-likeness (QED) is 0.516. The van der Waals surface area contributed by atoms with Crippen molar-refractivity contribution in [2.24, 2.45) is 0 Å². The van der Waals surface area contributed by atoms with Gasteiger partial charge in [-0.25, -0.2) is 9.20 Å². The van der Waals surface area contributed by atoms with Crippen molar-refractivity contribution in [2.45, 2.75) is 45.1 Å². The third kappa shape index (κ3) is 2.88. The van der Waals surface area contributed by atoms with E-state index in [2.05, 4.69) is 29.9 Å². The average Bonchev–Trinajstić information content (AvgIpc) is 3.57. The lowest BCUT2D eigenvalue weighted by atomic mass is 9.95. The van der Waals surface area contributed by atoms with Gasteiger partial charge in [-0.1, -0.05) is 0 Å². The number of rotatable bonds is 3. The first-order chi connectivity index (χ1) is 15.6. The molecule has 11 nitrogen and oxygen atoms in total. The van der Waals surface area contributed by atoms with Crippen LogP contribution in [0, 0.1) is 6.92 Å². The molecule has 4 aromatic rings. The molecule has 0 atom stereocenters. The molecule has 32 heavy (non-hydrogen) atoms. The molecular formula is C21H23N9O2. The number of hydrogen-bond donors (Lipinski definition) is 1. The number of aromatic nitrogens is 8. The van der Waals surface area contributed by atoms with Crippen molar-refractivity contribution in [2.75, 3.05) is 13.1 Å². The molecule has 164 valence electrons. The van der Waals surface area contributed by atoms with Crippen LogP contribution in [0.3, 0.4) is 0 Å². The molecule has 11 heteroatoms. The number of piperidine rings is 1. The number of fused-ring (bicyclic) bond motifs is 2. The minimum atomic E-state index is -0.259. The highest BCUT2D eigenvalue weighted by atomic mass is 16.2. The van der Waals surface area contributed by atoms with Gasteiger partial charge in [-0.05, 0) is 38.3 Å². The zero-order valence-corrected chi connectivity index (χ0v) is 17.7. The van der Waals surface area contributed by atoms with Crippen LogP contribution in [0.2, 0.25) is 0 Å². The van der Waals surface area contributed by atoms with Gasteiger partial charge in [0.05, 0.1) is 17.5 Å². The van der Waals surface area contributed by atoms with E-state index >= 15 is 0 Å². The second-order valence-corrected chi connectivity index (χ2v) is 8.47. The Hall–Kier alpha value is -3.76. The Balaban J connectivity index is 1.21. The maximum absolute atomic E-state index is 13.2. The average molecular weight is 433 g/mol. The molecule has 4 aromatic heterocycles. The first kappa shape index (κ1) is 19.0. The summed E-state index contributed by atoms with van der Waals surface area (Å²) < 4.78 is 5.26. The summed E-state index contributed by atoms with van der Waals surface area (Å²) in [6.07, 6.45) is 7.14. The van der Waals surface area contributed by atoms with Gasteiger partial charge in [0.25, 0.3) is 11.5 Å². The second-order valence-electron chi connectivity index (χ2n) is 8.47. The maximum Gasteiger partial charge on any atom is 0.276 e. The minimum Gasteiger partial charge on any atom is -0.338 e. The van der Waals surface area contributed by atoms with Gasteiger partial charge in [0.1, 0.15) is 17.2 Å². The number of nitrogens with zero attached hydrogens (tertiary/aromatic N) is 8. The predicted octanol–water partition coefficient (Wildman–Crippen LogP) is 1.07. The molecule has 1 amide bonds. The van der Waals surface area contributed by atoms with E-state index in [1.807, 2.05) is 11.8 Å². The van der Waals surface area contributed by atoms with Crippen molar-refractivity contribution >= 4 is 11.4 Å². The van der Waals surface area contributed by atoms with Crippen molar-refractivity contribution in [3.63, 3.8) is 0 Å². The van der Waals surface area contributed by atoms with E-state index in [1.165, 1.54) is 9.20 Å². The monoisotopic (exact) mass is 433 g/mol. The van der Waals surface area contributed by atoms with Gasteiger partial charge in [0, 0.05) is 38.2 Å². The highest BCUT2D eigenvalue weighted by Crippen LogP contribution is 2.30. The van der Waals surface area contributed by atoms with Gasteiger partial charge in [-0.2, -0.15) is 5.10 Å². The van der Waals surface area contributed by atoms with Crippen molar-refractivity contribution in [1.29, 1.82) is 0 Å². The second kappa shape index (κ2) is 7.14. The summed E-state index contributed by atoms with van der Waals surface area (Å²) in [5, 5.41) is 17.5. The molecule has 0 bridgehead atoms. The fourth-order valence-electron chi connectivity index (χ4n) is 4.85. The maximum atomic E-state index is 13.2. The first-order valence-electron chi connectivity index (χ1n) is 10.9. The van der Waals surface area contributed by atoms with E-state index in [0.29, 0.717) is 35.8 Å². The van der Waals surface area contributed by atoms with Crippen LogP contribution in [0.4, 0.5) is 0 Å². The summed E-state index contributed by atoms with van der Waals surface area (Å²) in [6, 6.07) is 3.45. The molecule has 0 spiro atoms. The molecule has 0 aliphatic carbocycles. The lowest BCUT2D eigenvalue weighted by molar-refractivity contribution is 0.0709. The summed E-state index contributed by atoms with van der Waals surface area (Å²) in [6.45, 7) is 4.15. The Kier molecular flexibility index (Phi) is 4.23. The Labute approximate surface area is 182 Å². The topological polar surface area (TPSA) is 119 Å². The number of likely N-dealkylation sites (tertiary alicyclic amines) is 1. The lowest BCUT2D eigenvalue weighted by Gasteiger charge is -2.31. The smallest absolute Gasteiger partial charge is 0.276 e. The normalized spacial score (nSPS) is 16.7. The number of amides is 1. The molecule has 6 rings (SSSR count). The molecule has 1 fully saturated rings. The number of nitrogens with one attached hydrogen (secondary N) is 1. The van der Waals surface area contributed by atoms with Crippen LogP contribution in [0.1, 0.15) is 52.9 Å². The number of aryl methyl sites for hydroxylation is 1. The molecule has 1 saturated heterocycles. The summed E-state index contributed by atoms with van der Waals surface area (Å²) in [7, 11) is 0. The fourth-order valence-corrected chi connectivity index (χ4v) is 4.85. The third-order valence-electron chi connectivity index (χ3n) is 6.61. The summed E-state index contributed by atoms with van der Waals surface area (Å²) in [4.78, 5) is 30.1. The van der Waals surface area contributed by atoms with Crippen LogP contribution in [-0.2, 0) is 13.0 Å². The summed E-state index contributed by atoms with van der Waals surface area (Å²) in [5.41, 5.74) is 1.35. The lowest BCUT2D eigenvalue weighted by Crippen LogP contribution is -2.38. The Bertz CT molecular complexity index is 1380. The SMILES string of the molecule is Cc1c(C(=O)N2CCC(c3nnc4n3CCC4)CC2)cnn1-c1nn2cccc2c(=O)[nH]1. The molecular weight excluding hydrogens is 410 g/mol. The minimum absolute atomic E-state index is 0.0527. The van der Waals surface area contributed by atoms with Crippen LogP contribution in [0.25, 0.3) is 11.5 Å². The largest absolute Gasteiger partial charge is 0.338 e. The standard InChI is InChI=1S/C21H23N9O2/c1-13-15(12-22-30(13)21-23-19(31)16-4-2-9-29(16)26-21)20(32)27-10-6-14(7-11-27)18-25-24-17-5-3-8-28(17)18/h2,4,9,12,14H,3,5-8,10-11H2,1H3,(H,23,26,31). The molecule has 0 radical (unpaired) electrons. The highest BCUT2D eigenvalue weighted by Gasteiger charge is 2.31. The van der Waals surface area contributed by atoms with Gasteiger partial charge in [-0.15, -0.1) is 15.3 Å². The third-order valence-corrected chi connectivity index (χ3v) is 6.61. The Morgan fingerprint density at radius 2 is 2.03 bits per heavy atom. The number of H-pyrrole nitrogens is 1. The van der Waals surface area contributed by atoms with Crippen molar-refractivity contribution in [3.8, 4) is 5.95 Å². The van der Waals surface area contributed by atoms with Crippen LogP contribution in [0.5, 0.6) is 0 Å². The Morgan fingerprint density at radius 3 is 2.88 bits per heavy atom. The van der Waals surface area contributed by atoms with Gasteiger partial charge in [0.15, 0.2) is 0 Å². The molecule has 0 unspecified atom stereocenters. The van der Waals surface area contributed by atoms with Gasteiger partial charge in [0.2, 0.25) is 5.95 Å². The first-order valence-corrected chi connectivity index (χ1v) is 10.9. The summed E-state index contributed by atoms with van der Waals surface area (Å²) in [5.74, 6) is 2.72. The van der Waals surface area contributed by atoms with E-state index in [4.69, 9.17) is 0 Å². The predicted molar refractivity (Wildman–Crippen MR) is 114 cm³/mol. The van der Waals surface area contributed by atoms with Crippen molar-refractivity contribution in [3.05, 3.63) is 57.8 Å². The number of hydrogen-bond acceptors (Lipinski definition) is 6. The van der Waals surface area contributed by atoms with Gasteiger partial charge < -0.3 is 9.47 Å². The van der Waals surface area contributed by atoms with E-state index < -0.39 is 0 Å². The molecule has 0 saturated carbocycles. The zero-order valence-electron chi connectivity index (χ0n) is 17.7. The van der Waals surface area contributed by atoms with Crippen molar-refractivity contribution < 1.29 is 4.79 Å². The van der Waals surface area contributed by atoms with E-state index in [9.17, 15) is 9.59 Å². The van der Waals surface area contributed by atoms with E-state index in [1.54, 1.807) is 24.5 Å². The molecule has 0 aromatic carbocycles. The van der Waals surface area contributed by atoms with Crippen LogP contribution >= 0.6 is 0 Å². The van der Waals surface area contributed by atoms with Crippen molar-refractivity contribution in [1.82, 2.24) is 44.0 Å². The van der Waals surface area contributed by atoms with Crippen LogP contribution < -0.4 is 5.56 Å². The summed E-state index contributed by atoms with van der Waals surface area (Å²) >= 11 is 0. The molecule has 2 aliphatic heterocycles. The molecule has 6 heterocycles. The number of carbonyl (C=O) groups is 1. The molecule has 1 N–H and O–H groups in total. The molecule has 2 aliphatic rings. The van der Waals surface area contributed by atoms with Crippen LogP contribution in [0.15, 0.2) is 29.3 Å². The van der Waals surface area contributed by atoms with E-state index in [0.717, 1.165) is 43.9 Å². The Morgan fingerprint density at radius 1 is 1.19 bits per heavy atom. The number of aromatic amines is 1. The zero-order chi connectivity index (χ0) is 21.8. The number of carbonyl (C=O) groups excluding carboxylic acids is 1.